The van der Waals surface area contributed by atoms with Gasteiger partial charge in [0.05, 0.1) is 10.3 Å². The second-order valence-corrected chi connectivity index (χ2v) is 8.06. The van der Waals surface area contributed by atoms with Gasteiger partial charge in [0.1, 0.15) is 0 Å². The maximum absolute atomic E-state index is 12.4. The fourth-order valence-electron chi connectivity index (χ4n) is 1.73. The number of carbonyl (C=O) groups is 1. The zero-order valence-electron chi connectivity index (χ0n) is 12.5. The summed E-state index contributed by atoms with van der Waals surface area (Å²) in [6.07, 6.45) is 0. The maximum atomic E-state index is 12.4. The van der Waals surface area contributed by atoms with E-state index in [9.17, 15) is 13.2 Å². The molecule has 118 valence electrons. The van der Waals surface area contributed by atoms with E-state index in [0.29, 0.717) is 15.7 Å². The predicted molar refractivity (Wildman–Crippen MR) is 86.3 cm³/mol. The molecule has 0 unspecified atom stereocenters. The third-order valence-electron chi connectivity index (χ3n) is 3.20. The number of nitrogen functional groups attached to an aromatic ring is 1. The number of hydrogen-bond donors (Lipinski definition) is 3. The zero-order valence-corrected chi connectivity index (χ0v) is 14.9. The fourth-order valence-corrected chi connectivity index (χ4v) is 3.86. The molecule has 0 atom stereocenters. The van der Waals surface area contributed by atoms with Crippen LogP contribution in [0.3, 0.4) is 0 Å². The van der Waals surface area contributed by atoms with Gasteiger partial charge in [0.25, 0.3) is 0 Å². The first-order chi connectivity index (χ1) is 9.51. The van der Waals surface area contributed by atoms with Crippen LogP contribution in [0.1, 0.15) is 19.4 Å². The summed E-state index contributed by atoms with van der Waals surface area (Å²) in [4.78, 5) is 11.8. The lowest BCUT2D eigenvalue weighted by molar-refractivity contribution is -0.128. The first-order valence-electron chi connectivity index (χ1n) is 6.29. The first kappa shape index (κ1) is 17.9. The molecule has 21 heavy (non-hydrogen) atoms. The smallest absolute Gasteiger partial charge is 0.240 e. The molecule has 0 saturated heterocycles. The number of benzene rings is 1. The van der Waals surface area contributed by atoms with Gasteiger partial charge in [-0.15, -0.1) is 0 Å². The Hall–Kier alpha value is -1.12. The molecule has 0 heterocycles. The number of rotatable bonds is 5. The van der Waals surface area contributed by atoms with E-state index in [2.05, 4.69) is 26.0 Å². The van der Waals surface area contributed by atoms with Gasteiger partial charge < -0.3 is 11.1 Å². The van der Waals surface area contributed by atoms with Crippen molar-refractivity contribution >= 4 is 37.5 Å². The Morgan fingerprint density at radius 1 is 1.38 bits per heavy atom. The van der Waals surface area contributed by atoms with Crippen LogP contribution < -0.4 is 15.8 Å². The largest absolute Gasteiger partial charge is 0.398 e. The third kappa shape index (κ3) is 4.18. The molecule has 8 heteroatoms. The van der Waals surface area contributed by atoms with Crippen molar-refractivity contribution in [2.24, 2.45) is 5.41 Å². The molecule has 1 rings (SSSR count). The van der Waals surface area contributed by atoms with Crippen LogP contribution in [0.2, 0.25) is 0 Å². The second-order valence-electron chi connectivity index (χ2n) is 5.41. The van der Waals surface area contributed by atoms with E-state index in [0.717, 1.165) is 0 Å². The van der Waals surface area contributed by atoms with Crippen molar-refractivity contribution in [2.45, 2.75) is 25.7 Å². The van der Waals surface area contributed by atoms with Gasteiger partial charge in [0.2, 0.25) is 15.9 Å². The molecule has 0 bridgehead atoms. The van der Waals surface area contributed by atoms with Crippen LogP contribution in [0.4, 0.5) is 5.69 Å². The summed E-state index contributed by atoms with van der Waals surface area (Å²) in [6, 6.07) is 3.13. The molecule has 4 N–H and O–H groups in total. The zero-order chi connectivity index (χ0) is 16.4. The van der Waals surface area contributed by atoms with E-state index in [4.69, 9.17) is 5.73 Å². The van der Waals surface area contributed by atoms with Crippen LogP contribution in [0.5, 0.6) is 0 Å². The Morgan fingerprint density at radius 3 is 2.48 bits per heavy atom. The van der Waals surface area contributed by atoms with Crippen molar-refractivity contribution in [3.8, 4) is 0 Å². The topological polar surface area (TPSA) is 101 Å². The van der Waals surface area contributed by atoms with E-state index in [1.54, 1.807) is 26.8 Å². The Morgan fingerprint density at radius 2 is 1.95 bits per heavy atom. The summed E-state index contributed by atoms with van der Waals surface area (Å²) in [5, 5.41) is 2.51. The number of halogens is 1. The summed E-state index contributed by atoms with van der Waals surface area (Å²) in [6.45, 7) is 4.95. The van der Waals surface area contributed by atoms with Crippen LogP contribution in [0.15, 0.2) is 21.5 Å². The summed E-state index contributed by atoms with van der Waals surface area (Å²) < 4.78 is 27.8. The summed E-state index contributed by atoms with van der Waals surface area (Å²) in [7, 11) is -2.24. The molecule has 0 radical (unpaired) electrons. The van der Waals surface area contributed by atoms with Crippen LogP contribution >= 0.6 is 15.9 Å². The van der Waals surface area contributed by atoms with Crippen molar-refractivity contribution in [3.63, 3.8) is 0 Å². The third-order valence-corrected chi connectivity index (χ3v) is 5.19. The Labute approximate surface area is 133 Å². The highest BCUT2D eigenvalue weighted by molar-refractivity contribution is 9.10. The van der Waals surface area contributed by atoms with E-state index in [1.165, 1.54) is 13.1 Å². The van der Waals surface area contributed by atoms with Gasteiger partial charge in [-0.2, -0.15) is 0 Å². The number of anilines is 1. The van der Waals surface area contributed by atoms with Crippen molar-refractivity contribution in [1.82, 2.24) is 10.0 Å². The molecule has 0 saturated carbocycles. The molecule has 1 aromatic rings. The van der Waals surface area contributed by atoms with Gasteiger partial charge in [-0.05, 0) is 38.5 Å². The molecule has 1 aromatic carbocycles. The van der Waals surface area contributed by atoms with Gasteiger partial charge in [0.15, 0.2) is 0 Å². The Bertz CT molecular complexity index is 657. The average molecular weight is 378 g/mol. The van der Waals surface area contributed by atoms with Crippen molar-refractivity contribution in [1.29, 1.82) is 0 Å². The van der Waals surface area contributed by atoms with E-state index in [-0.39, 0.29) is 17.3 Å². The lowest BCUT2D eigenvalue weighted by Crippen LogP contribution is -2.43. The lowest BCUT2D eigenvalue weighted by Gasteiger charge is -2.23. The summed E-state index contributed by atoms with van der Waals surface area (Å²) in [5.74, 6) is -0.240. The fraction of sp³-hybridized carbons (Fsp3) is 0.462. The molecule has 6 nitrogen and oxygen atoms in total. The standard InChI is InChI=1S/C13H20BrN3O3S/c1-8-10(15)5-9(14)6-11(8)21(19,20)17-7-13(2,3)12(18)16-4/h5-6,17H,7,15H2,1-4H3,(H,16,18). The Balaban J connectivity index is 3.06. The van der Waals surface area contributed by atoms with Crippen LogP contribution in [0.25, 0.3) is 0 Å². The molecule has 1 amide bonds. The highest BCUT2D eigenvalue weighted by atomic mass is 79.9. The van der Waals surface area contributed by atoms with Gasteiger partial charge in [-0.25, -0.2) is 13.1 Å². The van der Waals surface area contributed by atoms with Gasteiger partial charge >= 0.3 is 0 Å². The molecule has 0 aliphatic rings. The van der Waals surface area contributed by atoms with Crippen LogP contribution in [-0.2, 0) is 14.8 Å². The van der Waals surface area contributed by atoms with Crippen molar-refractivity contribution in [2.75, 3.05) is 19.3 Å². The number of amides is 1. The second kappa shape index (κ2) is 6.33. The minimum atomic E-state index is -3.75. The predicted octanol–water partition coefficient (Wildman–Crippen LogP) is 1.39. The normalized spacial score (nSPS) is 12.2. The molecule has 0 aliphatic heterocycles. The summed E-state index contributed by atoms with van der Waals surface area (Å²) >= 11 is 3.23. The molecule has 0 spiro atoms. The molecular formula is C13H20BrN3O3S. The minimum absolute atomic E-state index is 0.0130. The number of carbonyl (C=O) groups excluding carboxylic acids is 1. The van der Waals surface area contributed by atoms with E-state index >= 15 is 0 Å². The molecular weight excluding hydrogens is 358 g/mol. The number of hydrogen-bond acceptors (Lipinski definition) is 4. The first-order valence-corrected chi connectivity index (χ1v) is 8.56. The molecule has 0 aromatic heterocycles. The van der Waals surface area contributed by atoms with Crippen molar-refractivity contribution < 1.29 is 13.2 Å². The Kier molecular flexibility index (Phi) is 5.40. The van der Waals surface area contributed by atoms with E-state index in [1.807, 2.05) is 0 Å². The monoisotopic (exact) mass is 377 g/mol. The maximum Gasteiger partial charge on any atom is 0.240 e. The highest BCUT2D eigenvalue weighted by Gasteiger charge is 2.29. The van der Waals surface area contributed by atoms with Gasteiger partial charge in [0, 0.05) is 23.8 Å². The van der Waals surface area contributed by atoms with Crippen molar-refractivity contribution in [3.05, 3.63) is 22.2 Å². The van der Waals surface area contributed by atoms with Gasteiger partial charge in [-0.1, -0.05) is 15.9 Å². The summed E-state index contributed by atoms with van der Waals surface area (Å²) in [5.41, 5.74) is 5.79. The molecule has 0 fully saturated rings. The minimum Gasteiger partial charge on any atom is -0.398 e. The van der Waals surface area contributed by atoms with Gasteiger partial charge in [-0.3, -0.25) is 4.79 Å². The number of nitrogens with two attached hydrogens (primary N) is 1. The van der Waals surface area contributed by atoms with Crippen LogP contribution in [-0.4, -0.2) is 27.9 Å². The average Bonchev–Trinajstić information content (AvgIpc) is 2.39. The molecule has 0 aliphatic carbocycles. The lowest BCUT2D eigenvalue weighted by atomic mass is 9.93. The van der Waals surface area contributed by atoms with Crippen LogP contribution in [0, 0.1) is 12.3 Å². The number of sulfonamides is 1. The quantitative estimate of drug-likeness (QED) is 0.674. The highest BCUT2D eigenvalue weighted by Crippen LogP contribution is 2.26. The van der Waals surface area contributed by atoms with E-state index < -0.39 is 15.4 Å². The number of nitrogens with one attached hydrogen (secondary N) is 2. The SMILES string of the molecule is CNC(=O)C(C)(C)CNS(=O)(=O)c1cc(Br)cc(N)c1C.